The summed E-state index contributed by atoms with van der Waals surface area (Å²) in [6, 6.07) is 0. The smallest absolute Gasteiger partial charge is 0.330 e. The van der Waals surface area contributed by atoms with Crippen molar-refractivity contribution in [1.29, 1.82) is 0 Å². The van der Waals surface area contributed by atoms with Gasteiger partial charge in [0.05, 0.1) is 16.8 Å². The van der Waals surface area contributed by atoms with Gasteiger partial charge in [0.15, 0.2) is 22.8 Å². The Labute approximate surface area is 275 Å². The highest BCUT2D eigenvalue weighted by Crippen LogP contribution is 2.68. The number of aliphatic carboxylic acids is 1. The van der Waals surface area contributed by atoms with E-state index in [1.54, 1.807) is 32.1 Å². The molecular formula is C38H44O9. The van der Waals surface area contributed by atoms with Gasteiger partial charge in [0, 0.05) is 41.4 Å². The second-order valence-electron chi connectivity index (χ2n) is 15.2. The Balaban J connectivity index is 1.58. The molecule has 3 aliphatic carbocycles. The summed E-state index contributed by atoms with van der Waals surface area (Å²) in [5, 5.41) is 31.6. The zero-order chi connectivity index (χ0) is 34.5. The van der Waals surface area contributed by atoms with Crippen molar-refractivity contribution in [3.63, 3.8) is 0 Å². The Hall–Kier alpha value is -3.95. The Bertz CT molecular complexity index is 1760. The number of carboxylic acid groups (broad SMARTS) is 1. The molecule has 9 nitrogen and oxygen atoms in total. The van der Waals surface area contributed by atoms with Crippen LogP contribution >= 0.6 is 0 Å². The summed E-state index contributed by atoms with van der Waals surface area (Å²) in [5.41, 5.74) is -3.67. The Morgan fingerprint density at radius 1 is 1.06 bits per heavy atom. The van der Waals surface area contributed by atoms with E-state index in [-0.39, 0.29) is 40.4 Å². The molecule has 3 N–H and O–H groups in total. The topological polar surface area (TPSA) is 140 Å². The number of carbonyl (C=O) groups excluding carboxylic acids is 2. The lowest BCUT2D eigenvalue weighted by atomic mass is 9.51. The first-order valence-electron chi connectivity index (χ1n) is 16.2. The van der Waals surface area contributed by atoms with Crippen LogP contribution in [-0.2, 0) is 20.7 Å². The molecule has 1 spiro atoms. The minimum Gasteiger partial charge on any atom is -0.506 e. The van der Waals surface area contributed by atoms with Crippen molar-refractivity contribution in [2.45, 2.75) is 109 Å². The lowest BCUT2D eigenvalue weighted by Gasteiger charge is -2.56. The number of aromatic hydroxyl groups is 1. The number of fused-ring (bicyclic) bond motifs is 2. The van der Waals surface area contributed by atoms with E-state index in [0.29, 0.717) is 36.1 Å². The van der Waals surface area contributed by atoms with Crippen molar-refractivity contribution in [2.24, 2.45) is 11.8 Å². The van der Waals surface area contributed by atoms with Gasteiger partial charge in [0.1, 0.15) is 28.4 Å². The summed E-state index contributed by atoms with van der Waals surface area (Å²) < 4.78 is 20.5. The lowest BCUT2D eigenvalue weighted by Crippen LogP contribution is -2.72. The normalized spacial score (nSPS) is 31.5. The lowest BCUT2D eigenvalue weighted by molar-refractivity contribution is -0.171. The molecule has 0 amide bonds. The molecular weight excluding hydrogens is 600 g/mol. The molecule has 47 heavy (non-hydrogen) atoms. The molecule has 0 radical (unpaired) electrons. The number of carboxylic acids is 1. The number of allylic oxidation sites excluding steroid dienone is 3. The molecule has 4 bridgehead atoms. The van der Waals surface area contributed by atoms with Crippen molar-refractivity contribution < 1.29 is 43.9 Å². The molecule has 0 aromatic heterocycles. The summed E-state index contributed by atoms with van der Waals surface area (Å²) in [6.07, 6.45) is 13.3. The van der Waals surface area contributed by atoms with Crippen LogP contribution in [0.4, 0.5) is 0 Å². The van der Waals surface area contributed by atoms with Crippen LogP contribution < -0.4 is 9.47 Å². The van der Waals surface area contributed by atoms with E-state index in [4.69, 9.17) is 14.2 Å². The summed E-state index contributed by atoms with van der Waals surface area (Å²) >= 11 is 0. The second kappa shape index (κ2) is 10.5. The Morgan fingerprint density at radius 3 is 2.40 bits per heavy atom. The molecule has 9 heteroatoms. The number of aliphatic hydroxyl groups is 1. The SMILES string of the molecule is CC(C)=CCc1c2c(c(O)c3c1OC14C(=CC5CC1C(C)(C)OC4(CC=C(C)C(=O)O)C5=O)C3=O)C=CC(C)(CC=CC(C)(C)O)O2. The molecule has 250 valence electrons. The number of phenolic OH excluding ortho intramolecular Hbond substituents is 1. The van der Waals surface area contributed by atoms with E-state index >= 15 is 0 Å². The summed E-state index contributed by atoms with van der Waals surface area (Å²) in [7, 11) is 0. The van der Waals surface area contributed by atoms with Crippen molar-refractivity contribution in [3.05, 3.63) is 69.9 Å². The predicted octanol–water partition coefficient (Wildman–Crippen LogP) is 6.21. The number of ether oxygens (including phenoxy) is 3. The number of Topliss-reactive ketones (excluding diaryl/α,β-unsaturated/α-hetero) is 2. The first-order valence-corrected chi connectivity index (χ1v) is 16.2. The van der Waals surface area contributed by atoms with Crippen LogP contribution in [-0.4, -0.2) is 60.9 Å². The van der Waals surface area contributed by atoms with E-state index in [1.165, 1.54) is 13.0 Å². The van der Waals surface area contributed by atoms with E-state index in [1.807, 2.05) is 52.8 Å². The number of rotatable bonds is 8. The van der Waals surface area contributed by atoms with Gasteiger partial charge >= 0.3 is 5.97 Å². The predicted molar refractivity (Wildman–Crippen MR) is 176 cm³/mol. The third kappa shape index (κ3) is 4.84. The summed E-state index contributed by atoms with van der Waals surface area (Å²) in [5.74, 6) is -2.58. The third-order valence-electron chi connectivity index (χ3n) is 10.3. The second-order valence-corrected chi connectivity index (χ2v) is 15.2. The molecule has 5 unspecified atom stereocenters. The van der Waals surface area contributed by atoms with Gasteiger partial charge in [0.25, 0.3) is 0 Å². The zero-order valence-electron chi connectivity index (χ0n) is 28.3. The number of ketones is 2. The molecule has 1 aromatic carbocycles. The highest BCUT2D eigenvalue weighted by atomic mass is 16.6. The third-order valence-corrected chi connectivity index (χ3v) is 10.3. The van der Waals surface area contributed by atoms with E-state index in [2.05, 4.69) is 0 Å². The van der Waals surface area contributed by atoms with Gasteiger partial charge in [-0.1, -0.05) is 36.0 Å². The highest BCUT2D eigenvalue weighted by Gasteiger charge is 2.81. The number of carbonyl (C=O) groups is 3. The van der Waals surface area contributed by atoms with Crippen LogP contribution in [0.5, 0.6) is 17.2 Å². The molecule has 3 aliphatic heterocycles. The first-order chi connectivity index (χ1) is 21.8. The summed E-state index contributed by atoms with van der Waals surface area (Å²) in [4.78, 5) is 40.8. The fourth-order valence-electron chi connectivity index (χ4n) is 8.08. The van der Waals surface area contributed by atoms with E-state index in [0.717, 1.165) is 5.57 Å². The number of hydrogen-bond donors (Lipinski definition) is 3. The molecule has 1 saturated heterocycles. The molecule has 6 aliphatic rings. The van der Waals surface area contributed by atoms with Crippen molar-refractivity contribution in [3.8, 4) is 17.2 Å². The molecule has 2 fully saturated rings. The minimum absolute atomic E-state index is 0.0150. The van der Waals surface area contributed by atoms with Crippen LogP contribution in [0, 0.1) is 11.8 Å². The maximum absolute atomic E-state index is 14.7. The quantitative estimate of drug-likeness (QED) is 0.223. The largest absolute Gasteiger partial charge is 0.506 e. The van der Waals surface area contributed by atoms with Crippen molar-refractivity contribution in [2.75, 3.05) is 0 Å². The van der Waals surface area contributed by atoms with Gasteiger partial charge in [-0.05, 0) is 80.4 Å². The molecule has 3 heterocycles. The van der Waals surface area contributed by atoms with Gasteiger partial charge in [-0.3, -0.25) is 9.59 Å². The average molecular weight is 645 g/mol. The van der Waals surface area contributed by atoms with Gasteiger partial charge < -0.3 is 29.5 Å². The van der Waals surface area contributed by atoms with Crippen LogP contribution in [0.25, 0.3) is 6.08 Å². The van der Waals surface area contributed by atoms with Crippen LogP contribution in [0.3, 0.4) is 0 Å². The average Bonchev–Trinajstić information content (AvgIpc) is 3.11. The van der Waals surface area contributed by atoms with Crippen molar-refractivity contribution in [1.82, 2.24) is 0 Å². The highest BCUT2D eigenvalue weighted by molar-refractivity contribution is 6.19. The van der Waals surface area contributed by atoms with Gasteiger partial charge in [-0.25, -0.2) is 4.79 Å². The molecule has 1 saturated carbocycles. The van der Waals surface area contributed by atoms with E-state index < -0.39 is 51.6 Å². The molecule has 7 rings (SSSR count). The monoisotopic (exact) mass is 644 g/mol. The fourth-order valence-corrected chi connectivity index (χ4v) is 8.08. The number of hydrogen-bond acceptors (Lipinski definition) is 8. The van der Waals surface area contributed by atoms with Crippen molar-refractivity contribution >= 4 is 23.6 Å². The summed E-state index contributed by atoms with van der Waals surface area (Å²) in [6.45, 7) is 14.4. The van der Waals surface area contributed by atoms with Crippen LogP contribution in [0.15, 0.2) is 53.2 Å². The van der Waals surface area contributed by atoms with Crippen LogP contribution in [0.1, 0.15) is 96.1 Å². The molecule has 1 aromatic rings. The maximum atomic E-state index is 14.7. The minimum atomic E-state index is -1.66. The maximum Gasteiger partial charge on any atom is 0.330 e. The Kier molecular flexibility index (Phi) is 7.38. The zero-order valence-corrected chi connectivity index (χ0v) is 28.3. The number of phenols is 1. The van der Waals surface area contributed by atoms with E-state index in [9.17, 15) is 29.7 Å². The van der Waals surface area contributed by atoms with Crippen LogP contribution in [0.2, 0.25) is 0 Å². The molecule has 5 atom stereocenters. The van der Waals surface area contributed by atoms with Gasteiger partial charge in [0.2, 0.25) is 0 Å². The Morgan fingerprint density at radius 2 is 1.77 bits per heavy atom. The first kappa shape index (κ1) is 33.0. The number of benzene rings is 1. The van der Waals surface area contributed by atoms with Gasteiger partial charge in [-0.2, -0.15) is 0 Å². The standard InChI is InChI=1S/C38H44O9/c1-20(2)10-11-24-30-23(13-16-36(8,45-30)15-9-14-34(4,5)44)28(39)27-29(40)25-18-22-19-26-35(6,7)47-37(32(22)41,17-12-21(3)33(42)43)38(25,26)46-31(24)27/h9-10,12-14,16,18,22,26,39,44H,11,15,17,19H2,1-8H3,(H,42,43). The fraction of sp³-hybridized carbons (Fsp3) is 0.500. The van der Waals surface area contributed by atoms with Gasteiger partial charge in [-0.15, -0.1) is 0 Å².